The van der Waals surface area contributed by atoms with E-state index in [4.69, 9.17) is 4.74 Å². The minimum Gasteiger partial charge on any atom is -0.493 e. The molecule has 1 aromatic rings. The molecule has 1 fully saturated rings. The van der Waals surface area contributed by atoms with Crippen molar-refractivity contribution in [3.8, 4) is 5.75 Å². The lowest BCUT2D eigenvalue weighted by Gasteiger charge is -2.35. The van der Waals surface area contributed by atoms with Gasteiger partial charge in [0.25, 0.3) is 0 Å². The van der Waals surface area contributed by atoms with Crippen LogP contribution in [0.5, 0.6) is 5.75 Å². The van der Waals surface area contributed by atoms with Crippen LogP contribution in [-0.4, -0.2) is 11.9 Å². The van der Waals surface area contributed by atoms with Crippen LogP contribution >= 0.6 is 15.9 Å². The van der Waals surface area contributed by atoms with E-state index >= 15 is 0 Å². The number of halogens is 1. The molecule has 0 aliphatic heterocycles. The molecule has 18 heavy (non-hydrogen) atoms. The van der Waals surface area contributed by atoms with Crippen LogP contribution in [0.25, 0.3) is 0 Å². The van der Waals surface area contributed by atoms with Crippen molar-refractivity contribution in [3.05, 3.63) is 29.8 Å². The van der Waals surface area contributed by atoms with Crippen molar-refractivity contribution in [1.29, 1.82) is 0 Å². The van der Waals surface area contributed by atoms with Crippen molar-refractivity contribution in [1.82, 2.24) is 0 Å². The van der Waals surface area contributed by atoms with Crippen LogP contribution < -0.4 is 4.74 Å². The number of ether oxygens (including phenoxy) is 1. The summed E-state index contributed by atoms with van der Waals surface area (Å²) in [7, 11) is 0. The third kappa shape index (κ3) is 3.28. The number of para-hydroxylation sites is 1. The second-order valence-corrected chi connectivity index (χ2v) is 6.00. The molecule has 0 saturated heterocycles. The molecule has 0 aromatic heterocycles. The second-order valence-electron chi connectivity index (χ2n) is 5.44. The van der Waals surface area contributed by atoms with E-state index in [-0.39, 0.29) is 0 Å². The molecule has 0 N–H and O–H groups in total. The highest BCUT2D eigenvalue weighted by atomic mass is 79.9. The Morgan fingerprint density at radius 3 is 2.56 bits per heavy atom. The molecule has 2 heteroatoms. The van der Waals surface area contributed by atoms with Crippen molar-refractivity contribution in [2.75, 3.05) is 11.9 Å². The Labute approximate surface area is 119 Å². The van der Waals surface area contributed by atoms with E-state index in [1.807, 2.05) is 0 Å². The summed E-state index contributed by atoms with van der Waals surface area (Å²) < 4.78 is 6.13. The number of aryl methyl sites for hydroxylation is 1. The maximum Gasteiger partial charge on any atom is 0.122 e. The monoisotopic (exact) mass is 310 g/mol. The molecule has 1 aliphatic carbocycles. The van der Waals surface area contributed by atoms with Gasteiger partial charge < -0.3 is 4.74 Å². The summed E-state index contributed by atoms with van der Waals surface area (Å²) in [6.45, 7) is 3.04. The molecule has 0 spiro atoms. The Morgan fingerprint density at radius 1 is 1.17 bits per heavy atom. The van der Waals surface area contributed by atoms with Gasteiger partial charge >= 0.3 is 0 Å². The minimum absolute atomic E-state index is 0.360. The van der Waals surface area contributed by atoms with Gasteiger partial charge in [-0.1, -0.05) is 60.3 Å². The highest BCUT2D eigenvalue weighted by Gasteiger charge is 2.31. The lowest BCUT2D eigenvalue weighted by Crippen LogP contribution is -2.32. The Kier molecular flexibility index (Phi) is 5.11. The minimum atomic E-state index is 0.360. The summed E-state index contributed by atoms with van der Waals surface area (Å²) in [5.41, 5.74) is 1.68. The molecule has 1 aromatic carbocycles. The van der Waals surface area contributed by atoms with E-state index in [1.54, 1.807) is 0 Å². The van der Waals surface area contributed by atoms with E-state index < -0.39 is 0 Å². The van der Waals surface area contributed by atoms with Gasteiger partial charge in [0.1, 0.15) is 5.75 Å². The van der Waals surface area contributed by atoms with E-state index in [0.717, 1.165) is 24.1 Å². The van der Waals surface area contributed by atoms with Gasteiger partial charge in [-0.25, -0.2) is 0 Å². The van der Waals surface area contributed by atoms with Crippen LogP contribution in [0.15, 0.2) is 24.3 Å². The van der Waals surface area contributed by atoms with Crippen molar-refractivity contribution in [2.45, 2.75) is 45.4 Å². The van der Waals surface area contributed by atoms with Gasteiger partial charge in [-0.3, -0.25) is 0 Å². The zero-order chi connectivity index (χ0) is 12.8. The zero-order valence-corrected chi connectivity index (χ0v) is 12.8. The number of benzene rings is 1. The first-order valence-corrected chi connectivity index (χ1v) is 8.18. The molecule has 2 rings (SSSR count). The highest BCUT2D eigenvalue weighted by molar-refractivity contribution is 9.09. The van der Waals surface area contributed by atoms with Crippen LogP contribution in [0, 0.1) is 5.41 Å². The molecule has 0 amide bonds. The Bertz CT molecular complexity index is 369. The zero-order valence-electron chi connectivity index (χ0n) is 11.3. The maximum absolute atomic E-state index is 6.13. The van der Waals surface area contributed by atoms with Crippen molar-refractivity contribution in [2.24, 2.45) is 5.41 Å². The number of hydrogen-bond acceptors (Lipinski definition) is 1. The standard InChI is InChI=1S/C16H23BrO/c1-2-14-8-4-5-9-15(14)18-13-16(12-17)10-6-3-7-11-16/h4-5,8-9H,2-3,6-7,10-13H2,1H3. The first-order valence-electron chi connectivity index (χ1n) is 7.06. The third-order valence-electron chi connectivity index (χ3n) is 4.09. The largest absolute Gasteiger partial charge is 0.493 e. The van der Waals surface area contributed by atoms with Crippen LogP contribution in [0.2, 0.25) is 0 Å². The van der Waals surface area contributed by atoms with Crippen LogP contribution in [-0.2, 0) is 6.42 Å². The molecule has 0 unspecified atom stereocenters. The molecule has 0 atom stereocenters. The summed E-state index contributed by atoms with van der Waals surface area (Å²) in [6, 6.07) is 8.42. The van der Waals surface area contributed by atoms with Gasteiger partial charge in [0, 0.05) is 10.7 Å². The van der Waals surface area contributed by atoms with Crippen LogP contribution in [0.1, 0.15) is 44.6 Å². The predicted octanol–water partition coefficient (Wildman–Crippen LogP) is 4.97. The normalized spacial score (nSPS) is 18.6. The van der Waals surface area contributed by atoms with Gasteiger partial charge in [0.15, 0.2) is 0 Å². The summed E-state index contributed by atoms with van der Waals surface area (Å²) in [6.07, 6.45) is 7.73. The van der Waals surface area contributed by atoms with Gasteiger partial charge in [0.2, 0.25) is 0 Å². The smallest absolute Gasteiger partial charge is 0.122 e. The molecule has 1 aliphatic rings. The van der Waals surface area contributed by atoms with Gasteiger partial charge in [-0.15, -0.1) is 0 Å². The number of alkyl halides is 1. The average molecular weight is 311 g/mol. The van der Waals surface area contributed by atoms with E-state index in [2.05, 4.69) is 47.1 Å². The molecular formula is C16H23BrO. The lowest BCUT2D eigenvalue weighted by molar-refractivity contribution is 0.121. The number of rotatable bonds is 5. The molecule has 1 nitrogen and oxygen atoms in total. The van der Waals surface area contributed by atoms with Crippen molar-refractivity contribution >= 4 is 15.9 Å². The fraction of sp³-hybridized carbons (Fsp3) is 0.625. The molecule has 1 saturated carbocycles. The summed E-state index contributed by atoms with van der Waals surface area (Å²) in [5, 5.41) is 1.06. The van der Waals surface area contributed by atoms with Gasteiger partial charge in [-0.05, 0) is 30.9 Å². The van der Waals surface area contributed by atoms with Crippen LogP contribution in [0.4, 0.5) is 0 Å². The molecule has 0 radical (unpaired) electrons. The number of hydrogen-bond donors (Lipinski definition) is 0. The molecule has 100 valence electrons. The van der Waals surface area contributed by atoms with E-state index in [9.17, 15) is 0 Å². The third-order valence-corrected chi connectivity index (χ3v) is 5.27. The summed E-state index contributed by atoms with van der Waals surface area (Å²) >= 11 is 3.70. The maximum atomic E-state index is 6.13. The Hall–Kier alpha value is -0.500. The van der Waals surface area contributed by atoms with Crippen molar-refractivity contribution < 1.29 is 4.74 Å². The van der Waals surface area contributed by atoms with Gasteiger partial charge in [0.05, 0.1) is 6.61 Å². The quantitative estimate of drug-likeness (QED) is 0.697. The van der Waals surface area contributed by atoms with E-state index in [1.165, 1.54) is 37.7 Å². The fourth-order valence-electron chi connectivity index (χ4n) is 2.79. The first-order chi connectivity index (χ1) is 8.79. The predicted molar refractivity (Wildman–Crippen MR) is 80.6 cm³/mol. The average Bonchev–Trinajstić information content (AvgIpc) is 2.46. The Morgan fingerprint density at radius 2 is 1.89 bits per heavy atom. The molecule has 0 bridgehead atoms. The Balaban J connectivity index is 2.01. The van der Waals surface area contributed by atoms with Crippen LogP contribution in [0.3, 0.4) is 0 Å². The lowest BCUT2D eigenvalue weighted by atomic mass is 9.76. The second kappa shape index (κ2) is 6.60. The molecule has 0 heterocycles. The fourth-order valence-corrected chi connectivity index (χ4v) is 3.51. The highest BCUT2D eigenvalue weighted by Crippen LogP contribution is 2.38. The van der Waals surface area contributed by atoms with Crippen molar-refractivity contribution in [3.63, 3.8) is 0 Å². The molecular weight excluding hydrogens is 288 g/mol. The SMILES string of the molecule is CCc1ccccc1OCC1(CBr)CCCCC1. The summed E-state index contributed by atoms with van der Waals surface area (Å²) in [4.78, 5) is 0. The van der Waals surface area contributed by atoms with E-state index in [0.29, 0.717) is 5.41 Å². The first kappa shape index (κ1) is 13.9. The summed E-state index contributed by atoms with van der Waals surface area (Å²) in [5.74, 6) is 1.07. The van der Waals surface area contributed by atoms with Gasteiger partial charge in [-0.2, -0.15) is 0 Å². The topological polar surface area (TPSA) is 9.23 Å².